The number of nitrogens with zero attached hydrogens (tertiary/aromatic N) is 2. The molecule has 162 valence electrons. The maximum absolute atomic E-state index is 11.7. The Morgan fingerprint density at radius 1 is 1.07 bits per heavy atom. The molecule has 0 amide bonds. The van der Waals surface area contributed by atoms with Crippen LogP contribution in [0.2, 0.25) is 0 Å². The minimum absolute atomic E-state index is 0. The van der Waals surface area contributed by atoms with E-state index in [4.69, 9.17) is 9.47 Å². The van der Waals surface area contributed by atoms with Gasteiger partial charge in [-0.15, -0.1) is 24.0 Å². The molecule has 0 unspecified atom stereocenters. The lowest BCUT2D eigenvalue weighted by Gasteiger charge is -2.33. The van der Waals surface area contributed by atoms with Gasteiger partial charge in [0.2, 0.25) is 0 Å². The first-order valence-electron chi connectivity index (χ1n) is 9.98. The van der Waals surface area contributed by atoms with Crippen LogP contribution < -0.4 is 10.1 Å². The molecule has 1 N–H and O–H groups in total. The lowest BCUT2D eigenvalue weighted by molar-refractivity contribution is -0.146. The SMILES string of the molecule is CN=C(NCc1ccc(OCc2ccccc2)cc1)N1CCC(C(=O)OC)CC1.I. The fraction of sp³-hybridized carbons (Fsp3) is 0.391. The van der Waals surface area contributed by atoms with Crippen LogP contribution in [0.1, 0.15) is 24.0 Å². The minimum atomic E-state index is -0.109. The molecular formula is C23H30IN3O3. The van der Waals surface area contributed by atoms with Gasteiger partial charge in [0, 0.05) is 26.7 Å². The number of esters is 1. The van der Waals surface area contributed by atoms with Crippen molar-refractivity contribution in [3.8, 4) is 5.75 Å². The molecule has 3 rings (SSSR count). The maximum atomic E-state index is 11.7. The average molecular weight is 523 g/mol. The summed E-state index contributed by atoms with van der Waals surface area (Å²) >= 11 is 0. The topological polar surface area (TPSA) is 63.2 Å². The number of halogens is 1. The molecule has 0 bridgehead atoms. The minimum Gasteiger partial charge on any atom is -0.489 e. The van der Waals surface area contributed by atoms with Gasteiger partial charge in [0.05, 0.1) is 13.0 Å². The summed E-state index contributed by atoms with van der Waals surface area (Å²) in [7, 11) is 3.24. The lowest BCUT2D eigenvalue weighted by Crippen LogP contribution is -2.46. The summed E-state index contributed by atoms with van der Waals surface area (Å²) in [6, 6.07) is 18.2. The molecule has 0 saturated carbocycles. The zero-order valence-corrected chi connectivity index (χ0v) is 19.9. The Hall–Kier alpha value is -2.29. The van der Waals surface area contributed by atoms with Gasteiger partial charge in [-0.1, -0.05) is 42.5 Å². The Morgan fingerprint density at radius 2 is 1.73 bits per heavy atom. The molecule has 1 heterocycles. The molecule has 7 heteroatoms. The van der Waals surface area contributed by atoms with Gasteiger partial charge >= 0.3 is 5.97 Å². The third-order valence-electron chi connectivity index (χ3n) is 5.16. The molecule has 1 fully saturated rings. The van der Waals surface area contributed by atoms with Crippen LogP contribution in [0, 0.1) is 5.92 Å². The molecule has 0 spiro atoms. The van der Waals surface area contributed by atoms with Crippen LogP contribution in [-0.2, 0) is 22.7 Å². The number of benzene rings is 2. The quantitative estimate of drug-likeness (QED) is 0.270. The second kappa shape index (κ2) is 12.4. The summed E-state index contributed by atoms with van der Waals surface area (Å²) in [5.41, 5.74) is 2.31. The van der Waals surface area contributed by atoms with Crippen LogP contribution in [-0.4, -0.2) is 44.1 Å². The molecule has 6 nitrogen and oxygen atoms in total. The highest BCUT2D eigenvalue weighted by Crippen LogP contribution is 2.19. The normalized spacial score (nSPS) is 14.6. The Bertz CT molecular complexity index is 804. The molecule has 2 aromatic rings. The number of methoxy groups -OCH3 is 1. The van der Waals surface area contributed by atoms with Gasteiger partial charge in [0.1, 0.15) is 12.4 Å². The van der Waals surface area contributed by atoms with E-state index in [0.29, 0.717) is 13.2 Å². The molecule has 0 aromatic heterocycles. The number of piperidine rings is 1. The highest BCUT2D eigenvalue weighted by Gasteiger charge is 2.26. The van der Waals surface area contributed by atoms with Crippen molar-refractivity contribution in [1.82, 2.24) is 10.2 Å². The van der Waals surface area contributed by atoms with E-state index in [1.54, 1.807) is 7.05 Å². The van der Waals surface area contributed by atoms with Crippen molar-refractivity contribution in [3.05, 3.63) is 65.7 Å². The summed E-state index contributed by atoms with van der Waals surface area (Å²) < 4.78 is 10.7. The van der Waals surface area contributed by atoms with Crippen LogP contribution in [0.25, 0.3) is 0 Å². The fourth-order valence-corrected chi connectivity index (χ4v) is 3.45. The van der Waals surface area contributed by atoms with E-state index in [9.17, 15) is 4.79 Å². The molecule has 1 saturated heterocycles. The molecule has 30 heavy (non-hydrogen) atoms. The molecule has 0 radical (unpaired) electrons. The van der Waals surface area contributed by atoms with E-state index in [-0.39, 0.29) is 35.9 Å². The van der Waals surface area contributed by atoms with E-state index in [0.717, 1.165) is 48.8 Å². The number of hydrogen-bond donors (Lipinski definition) is 1. The van der Waals surface area contributed by atoms with Gasteiger partial charge in [-0.25, -0.2) is 0 Å². The number of carbonyl (C=O) groups is 1. The first-order valence-corrected chi connectivity index (χ1v) is 9.98. The molecular weight excluding hydrogens is 493 g/mol. The number of likely N-dealkylation sites (tertiary alicyclic amines) is 1. The third kappa shape index (κ3) is 6.90. The van der Waals surface area contributed by atoms with Crippen molar-refractivity contribution in [2.45, 2.75) is 26.0 Å². The van der Waals surface area contributed by atoms with E-state index >= 15 is 0 Å². The number of rotatable bonds is 6. The first kappa shape index (κ1) is 24.0. The Labute approximate surface area is 195 Å². The van der Waals surface area contributed by atoms with Gasteiger partial charge in [-0.2, -0.15) is 0 Å². The van der Waals surface area contributed by atoms with Crippen molar-refractivity contribution in [2.75, 3.05) is 27.2 Å². The zero-order chi connectivity index (χ0) is 20.5. The number of ether oxygens (including phenoxy) is 2. The van der Waals surface area contributed by atoms with Crippen LogP contribution in [0.3, 0.4) is 0 Å². The molecule has 1 aliphatic heterocycles. The van der Waals surface area contributed by atoms with Crippen LogP contribution >= 0.6 is 24.0 Å². The number of guanidine groups is 1. The predicted molar refractivity (Wildman–Crippen MR) is 129 cm³/mol. The van der Waals surface area contributed by atoms with Crippen molar-refractivity contribution in [1.29, 1.82) is 0 Å². The monoisotopic (exact) mass is 523 g/mol. The number of aliphatic imine (C=N–C) groups is 1. The van der Waals surface area contributed by atoms with E-state index in [1.807, 2.05) is 30.3 Å². The van der Waals surface area contributed by atoms with E-state index in [1.165, 1.54) is 7.11 Å². The van der Waals surface area contributed by atoms with Crippen molar-refractivity contribution in [2.24, 2.45) is 10.9 Å². The van der Waals surface area contributed by atoms with Gasteiger partial charge in [-0.05, 0) is 36.1 Å². The lowest BCUT2D eigenvalue weighted by atomic mass is 9.97. The molecule has 2 aromatic carbocycles. The highest BCUT2D eigenvalue weighted by atomic mass is 127. The number of nitrogens with one attached hydrogen (secondary N) is 1. The standard InChI is InChI=1S/C23H29N3O3.HI/c1-24-23(26-14-12-20(13-15-26)22(27)28-2)25-16-18-8-10-21(11-9-18)29-17-19-6-4-3-5-7-19;/h3-11,20H,12-17H2,1-2H3,(H,24,25);1H. The molecule has 1 aliphatic rings. The smallest absolute Gasteiger partial charge is 0.308 e. The Kier molecular flexibility index (Phi) is 9.93. The second-order valence-corrected chi connectivity index (χ2v) is 7.10. The highest BCUT2D eigenvalue weighted by molar-refractivity contribution is 14.0. The first-order chi connectivity index (χ1) is 14.2. The average Bonchev–Trinajstić information content (AvgIpc) is 2.79. The van der Waals surface area contributed by atoms with Crippen LogP contribution in [0.4, 0.5) is 0 Å². The van der Waals surface area contributed by atoms with Gasteiger partial charge in [0.15, 0.2) is 5.96 Å². The van der Waals surface area contributed by atoms with Crippen LogP contribution in [0.5, 0.6) is 5.75 Å². The van der Waals surface area contributed by atoms with E-state index < -0.39 is 0 Å². The van der Waals surface area contributed by atoms with Gasteiger partial charge < -0.3 is 19.7 Å². The molecule has 0 aliphatic carbocycles. The summed E-state index contributed by atoms with van der Waals surface area (Å²) in [4.78, 5) is 18.3. The van der Waals surface area contributed by atoms with Crippen molar-refractivity contribution >= 4 is 35.9 Å². The summed E-state index contributed by atoms with van der Waals surface area (Å²) in [5, 5.41) is 3.41. The van der Waals surface area contributed by atoms with Crippen LogP contribution in [0.15, 0.2) is 59.6 Å². The third-order valence-corrected chi connectivity index (χ3v) is 5.16. The predicted octanol–water partition coefficient (Wildman–Crippen LogP) is 3.84. The fourth-order valence-electron chi connectivity index (χ4n) is 3.45. The Morgan fingerprint density at radius 3 is 2.33 bits per heavy atom. The van der Waals surface area contributed by atoms with Crippen molar-refractivity contribution < 1.29 is 14.3 Å². The summed E-state index contributed by atoms with van der Waals surface area (Å²) in [6.45, 7) is 2.84. The zero-order valence-electron chi connectivity index (χ0n) is 17.5. The second-order valence-electron chi connectivity index (χ2n) is 7.10. The van der Waals surface area contributed by atoms with Gasteiger partial charge in [0.25, 0.3) is 0 Å². The molecule has 0 atom stereocenters. The van der Waals surface area contributed by atoms with Crippen molar-refractivity contribution in [3.63, 3.8) is 0 Å². The maximum Gasteiger partial charge on any atom is 0.308 e. The van der Waals surface area contributed by atoms with E-state index in [2.05, 4.69) is 39.5 Å². The largest absolute Gasteiger partial charge is 0.489 e. The number of hydrogen-bond acceptors (Lipinski definition) is 4. The Balaban J connectivity index is 0.00000320. The van der Waals surface area contributed by atoms with Gasteiger partial charge in [-0.3, -0.25) is 9.79 Å². The summed E-state index contributed by atoms with van der Waals surface area (Å²) in [5.74, 6) is 1.60. The summed E-state index contributed by atoms with van der Waals surface area (Å²) in [6.07, 6.45) is 1.58. The number of carbonyl (C=O) groups excluding carboxylic acids is 1.